The number of nitrogens with zero attached hydrogens (tertiary/aromatic N) is 4. The van der Waals surface area contributed by atoms with Gasteiger partial charge in [-0.1, -0.05) is 13.8 Å². The van der Waals surface area contributed by atoms with Crippen LogP contribution < -0.4 is 10.6 Å². The fourth-order valence-corrected chi connectivity index (χ4v) is 4.13. The molecule has 2 rings (SSSR count). The molecular formula is C24H46N6O. The summed E-state index contributed by atoms with van der Waals surface area (Å²) in [6, 6.07) is 0.433. The van der Waals surface area contributed by atoms with Gasteiger partial charge in [0.2, 0.25) is 5.89 Å². The van der Waals surface area contributed by atoms with Crippen molar-refractivity contribution in [1.82, 2.24) is 25.4 Å². The van der Waals surface area contributed by atoms with E-state index >= 15 is 0 Å². The number of oxazole rings is 1. The first-order valence-corrected chi connectivity index (χ1v) is 12.4. The van der Waals surface area contributed by atoms with Gasteiger partial charge in [-0.15, -0.1) is 0 Å². The lowest BCUT2D eigenvalue weighted by atomic mass is 9.97. The van der Waals surface area contributed by atoms with E-state index in [2.05, 4.69) is 53.1 Å². The van der Waals surface area contributed by atoms with Gasteiger partial charge >= 0.3 is 0 Å². The summed E-state index contributed by atoms with van der Waals surface area (Å²) in [5.74, 6) is 3.40. The van der Waals surface area contributed by atoms with Crippen LogP contribution in [-0.4, -0.2) is 72.6 Å². The number of aliphatic imine (C=N–C) groups is 1. The summed E-state index contributed by atoms with van der Waals surface area (Å²) in [5.41, 5.74) is 1.00. The molecule has 0 aromatic carbocycles. The number of nitrogens with one attached hydrogen (secondary N) is 2. The fraction of sp³-hybridized carbons (Fsp3) is 0.833. The highest BCUT2D eigenvalue weighted by Gasteiger charge is 2.21. The van der Waals surface area contributed by atoms with E-state index in [1.54, 1.807) is 0 Å². The van der Waals surface area contributed by atoms with Gasteiger partial charge in [0.05, 0.1) is 12.2 Å². The van der Waals surface area contributed by atoms with Crippen molar-refractivity contribution < 1.29 is 4.42 Å². The van der Waals surface area contributed by atoms with Crippen molar-refractivity contribution in [2.45, 2.75) is 79.8 Å². The molecule has 2 N–H and O–H groups in total. The SMILES string of the molecule is CCNC(=NCC1CCN(Cc2nc(C)c(C)o2)CC1)NC(C)CCCN(CC)CC. The minimum atomic E-state index is 0.433. The van der Waals surface area contributed by atoms with Crippen LogP contribution in [-0.2, 0) is 6.54 Å². The van der Waals surface area contributed by atoms with Crippen molar-refractivity contribution in [2.24, 2.45) is 10.9 Å². The Morgan fingerprint density at radius 3 is 2.52 bits per heavy atom. The number of guanidine groups is 1. The van der Waals surface area contributed by atoms with Crippen molar-refractivity contribution in [3.05, 3.63) is 17.3 Å². The molecule has 1 saturated heterocycles. The summed E-state index contributed by atoms with van der Waals surface area (Å²) in [6.45, 7) is 21.1. The van der Waals surface area contributed by atoms with Gasteiger partial charge in [0.25, 0.3) is 0 Å². The molecule has 1 aliphatic rings. The molecule has 1 fully saturated rings. The second kappa shape index (κ2) is 13.7. The third kappa shape index (κ3) is 9.19. The molecule has 2 heterocycles. The van der Waals surface area contributed by atoms with Crippen LogP contribution in [0, 0.1) is 19.8 Å². The molecule has 0 spiro atoms. The van der Waals surface area contributed by atoms with Gasteiger partial charge in [0.15, 0.2) is 5.96 Å². The Labute approximate surface area is 190 Å². The number of likely N-dealkylation sites (tertiary alicyclic amines) is 1. The van der Waals surface area contributed by atoms with Gasteiger partial charge in [0, 0.05) is 19.1 Å². The van der Waals surface area contributed by atoms with Gasteiger partial charge in [0.1, 0.15) is 5.76 Å². The first-order chi connectivity index (χ1) is 14.9. The largest absolute Gasteiger partial charge is 0.444 e. The molecular weight excluding hydrogens is 388 g/mol. The number of piperidine rings is 1. The van der Waals surface area contributed by atoms with Crippen LogP contribution in [0.5, 0.6) is 0 Å². The van der Waals surface area contributed by atoms with Crippen LogP contribution in [0.15, 0.2) is 9.41 Å². The Kier molecular flexibility index (Phi) is 11.4. The zero-order valence-electron chi connectivity index (χ0n) is 20.8. The van der Waals surface area contributed by atoms with Gasteiger partial charge in [-0.2, -0.15) is 0 Å². The lowest BCUT2D eigenvalue weighted by Gasteiger charge is -2.30. The van der Waals surface area contributed by atoms with Crippen molar-refractivity contribution >= 4 is 5.96 Å². The van der Waals surface area contributed by atoms with E-state index in [9.17, 15) is 0 Å². The minimum absolute atomic E-state index is 0.433. The lowest BCUT2D eigenvalue weighted by molar-refractivity contribution is 0.166. The first-order valence-electron chi connectivity index (χ1n) is 12.4. The smallest absolute Gasteiger partial charge is 0.208 e. The van der Waals surface area contributed by atoms with Gasteiger partial charge < -0.3 is 20.0 Å². The quantitative estimate of drug-likeness (QED) is 0.387. The van der Waals surface area contributed by atoms with Crippen molar-refractivity contribution in [3.63, 3.8) is 0 Å². The molecule has 0 amide bonds. The van der Waals surface area contributed by atoms with Crippen molar-refractivity contribution in [2.75, 3.05) is 45.8 Å². The summed E-state index contributed by atoms with van der Waals surface area (Å²) in [4.78, 5) is 14.4. The van der Waals surface area contributed by atoms with E-state index in [0.29, 0.717) is 12.0 Å². The highest BCUT2D eigenvalue weighted by atomic mass is 16.4. The maximum Gasteiger partial charge on any atom is 0.208 e. The first kappa shape index (κ1) is 25.7. The van der Waals surface area contributed by atoms with Crippen LogP contribution in [0.4, 0.5) is 0 Å². The fourth-order valence-electron chi connectivity index (χ4n) is 4.13. The van der Waals surface area contributed by atoms with Crippen molar-refractivity contribution in [3.8, 4) is 0 Å². The Hall–Kier alpha value is -1.60. The molecule has 1 aromatic rings. The average molecular weight is 435 g/mol. The third-order valence-corrected chi connectivity index (χ3v) is 6.38. The van der Waals surface area contributed by atoms with E-state index in [1.165, 1.54) is 32.2 Å². The summed E-state index contributed by atoms with van der Waals surface area (Å²) in [5, 5.41) is 7.03. The molecule has 1 aromatic heterocycles. The number of aromatic nitrogens is 1. The number of rotatable bonds is 12. The highest BCUT2D eigenvalue weighted by Crippen LogP contribution is 2.20. The Bertz CT molecular complexity index is 627. The Morgan fingerprint density at radius 1 is 1.23 bits per heavy atom. The van der Waals surface area contributed by atoms with Gasteiger partial charge in [-0.05, 0) is 92.0 Å². The zero-order chi connectivity index (χ0) is 22.6. The third-order valence-electron chi connectivity index (χ3n) is 6.38. The summed E-state index contributed by atoms with van der Waals surface area (Å²) < 4.78 is 5.75. The predicted octanol–water partition coefficient (Wildman–Crippen LogP) is 3.57. The summed E-state index contributed by atoms with van der Waals surface area (Å²) in [6.07, 6.45) is 4.75. The predicted molar refractivity (Wildman–Crippen MR) is 130 cm³/mol. The normalized spacial score (nSPS) is 17.3. The molecule has 0 saturated carbocycles. The molecule has 1 aliphatic heterocycles. The van der Waals surface area contributed by atoms with Gasteiger partial charge in [-0.25, -0.2) is 4.98 Å². The Morgan fingerprint density at radius 2 is 1.94 bits per heavy atom. The molecule has 178 valence electrons. The molecule has 7 heteroatoms. The van der Waals surface area contributed by atoms with E-state index < -0.39 is 0 Å². The molecule has 0 aliphatic carbocycles. The van der Waals surface area contributed by atoms with E-state index in [-0.39, 0.29) is 0 Å². The van der Waals surface area contributed by atoms with Crippen LogP contribution in [0.1, 0.15) is 70.7 Å². The van der Waals surface area contributed by atoms with E-state index in [0.717, 1.165) is 69.1 Å². The minimum Gasteiger partial charge on any atom is -0.444 e. The number of aryl methyl sites for hydroxylation is 2. The Balaban J connectivity index is 1.72. The molecule has 0 radical (unpaired) electrons. The maximum atomic E-state index is 5.75. The number of hydrogen-bond acceptors (Lipinski definition) is 5. The monoisotopic (exact) mass is 434 g/mol. The second-order valence-corrected chi connectivity index (χ2v) is 8.90. The molecule has 0 bridgehead atoms. The van der Waals surface area contributed by atoms with E-state index in [1.807, 2.05) is 13.8 Å². The standard InChI is InChI=1S/C24H46N6O/c1-7-25-24(27-19(4)11-10-14-29(8-2)9-3)26-17-22-12-15-30(16-13-22)18-23-28-20(5)21(6)31-23/h19,22H,7-18H2,1-6H3,(H2,25,26,27). The zero-order valence-corrected chi connectivity index (χ0v) is 20.8. The lowest BCUT2D eigenvalue weighted by Crippen LogP contribution is -2.43. The van der Waals surface area contributed by atoms with Crippen LogP contribution in [0.2, 0.25) is 0 Å². The van der Waals surface area contributed by atoms with Crippen LogP contribution in [0.3, 0.4) is 0 Å². The molecule has 7 nitrogen and oxygen atoms in total. The maximum absolute atomic E-state index is 5.75. The topological polar surface area (TPSA) is 68.9 Å². The number of hydrogen-bond donors (Lipinski definition) is 2. The van der Waals surface area contributed by atoms with Crippen molar-refractivity contribution in [1.29, 1.82) is 0 Å². The van der Waals surface area contributed by atoms with Crippen LogP contribution >= 0.6 is 0 Å². The molecule has 31 heavy (non-hydrogen) atoms. The summed E-state index contributed by atoms with van der Waals surface area (Å²) in [7, 11) is 0. The average Bonchev–Trinajstić information content (AvgIpc) is 3.07. The highest BCUT2D eigenvalue weighted by molar-refractivity contribution is 5.80. The van der Waals surface area contributed by atoms with Crippen LogP contribution in [0.25, 0.3) is 0 Å². The van der Waals surface area contributed by atoms with Gasteiger partial charge in [-0.3, -0.25) is 9.89 Å². The van der Waals surface area contributed by atoms with E-state index in [4.69, 9.17) is 9.41 Å². The summed E-state index contributed by atoms with van der Waals surface area (Å²) >= 11 is 0. The molecule has 1 atom stereocenters. The second-order valence-electron chi connectivity index (χ2n) is 8.90. The molecule has 1 unspecified atom stereocenters.